The first-order chi connectivity index (χ1) is 27.3. The maximum absolute atomic E-state index is 6.31. The van der Waals surface area contributed by atoms with Crippen LogP contribution in [0.1, 0.15) is 49.9 Å². The van der Waals surface area contributed by atoms with E-state index in [1.165, 1.54) is 66.8 Å². The van der Waals surface area contributed by atoms with Gasteiger partial charge in [0.1, 0.15) is 11.2 Å². The minimum atomic E-state index is -0.0673. The van der Waals surface area contributed by atoms with Crippen molar-refractivity contribution in [3.8, 4) is 44.5 Å². The first kappa shape index (κ1) is 32.8. The summed E-state index contributed by atoms with van der Waals surface area (Å²) in [5.74, 6) is 0. The van der Waals surface area contributed by atoms with E-state index in [4.69, 9.17) is 4.42 Å². The zero-order valence-corrected chi connectivity index (χ0v) is 32.1. The number of benzene rings is 8. The number of furan rings is 1. The Balaban J connectivity index is 1.11. The topological polar surface area (TPSA) is 16.4 Å². The van der Waals surface area contributed by atoms with Gasteiger partial charge in [-0.15, -0.1) is 0 Å². The van der Waals surface area contributed by atoms with Gasteiger partial charge < -0.3 is 9.32 Å². The lowest BCUT2D eigenvalue weighted by molar-refractivity contribution is 0.660. The normalized spacial score (nSPS) is 14.4. The molecule has 0 unspecified atom stereocenters. The molecule has 2 aliphatic rings. The quantitative estimate of drug-likeness (QED) is 0.176. The smallest absolute Gasteiger partial charge is 0.135 e. The second kappa shape index (κ2) is 11.9. The summed E-state index contributed by atoms with van der Waals surface area (Å²) in [5.41, 5.74) is 20.7. The molecule has 0 bridgehead atoms. The largest absolute Gasteiger partial charge is 0.456 e. The molecule has 0 N–H and O–H groups in total. The van der Waals surface area contributed by atoms with Crippen molar-refractivity contribution in [1.29, 1.82) is 0 Å². The lowest BCUT2D eigenvalue weighted by Gasteiger charge is -2.27. The molecule has 8 aromatic carbocycles. The monoisotopic (exact) mass is 719 g/mol. The Kier molecular flexibility index (Phi) is 6.98. The highest BCUT2D eigenvalue weighted by Crippen LogP contribution is 2.54. The zero-order chi connectivity index (χ0) is 37.8. The van der Waals surface area contributed by atoms with Crippen LogP contribution in [0.4, 0.5) is 17.1 Å². The Morgan fingerprint density at radius 1 is 0.357 bits per heavy atom. The number of rotatable bonds is 5. The van der Waals surface area contributed by atoms with Crippen LogP contribution >= 0.6 is 0 Å². The van der Waals surface area contributed by atoms with Crippen LogP contribution in [0, 0.1) is 0 Å². The minimum Gasteiger partial charge on any atom is -0.456 e. The fraction of sp³-hybridized carbons (Fsp3) is 0.111. The number of hydrogen-bond acceptors (Lipinski definition) is 2. The predicted octanol–water partition coefficient (Wildman–Crippen LogP) is 15.0. The van der Waals surface area contributed by atoms with E-state index in [0.29, 0.717) is 0 Å². The van der Waals surface area contributed by atoms with Gasteiger partial charge in [-0.3, -0.25) is 0 Å². The molecule has 0 amide bonds. The van der Waals surface area contributed by atoms with Crippen molar-refractivity contribution in [1.82, 2.24) is 0 Å². The highest BCUT2D eigenvalue weighted by atomic mass is 16.3. The maximum atomic E-state index is 6.31. The average molecular weight is 720 g/mol. The molecule has 0 saturated carbocycles. The minimum absolute atomic E-state index is 0.0673. The average Bonchev–Trinajstić information content (AvgIpc) is 3.81. The van der Waals surface area contributed by atoms with Crippen LogP contribution in [0.25, 0.3) is 66.4 Å². The van der Waals surface area contributed by atoms with E-state index in [-0.39, 0.29) is 10.8 Å². The number of hydrogen-bond donors (Lipinski definition) is 0. The van der Waals surface area contributed by atoms with Crippen molar-refractivity contribution >= 4 is 39.0 Å². The van der Waals surface area contributed by atoms with Gasteiger partial charge in [-0.1, -0.05) is 155 Å². The second-order valence-electron chi connectivity index (χ2n) is 16.5. The molecule has 0 aliphatic heterocycles. The summed E-state index contributed by atoms with van der Waals surface area (Å²) < 4.78 is 6.31. The van der Waals surface area contributed by atoms with E-state index in [2.05, 4.69) is 202 Å². The molecule has 0 saturated heterocycles. The van der Waals surface area contributed by atoms with E-state index in [9.17, 15) is 0 Å². The molecule has 0 radical (unpaired) electrons. The molecule has 2 aliphatic carbocycles. The lowest BCUT2D eigenvalue weighted by atomic mass is 9.82. The summed E-state index contributed by atoms with van der Waals surface area (Å²) in [5, 5.41) is 2.23. The highest BCUT2D eigenvalue weighted by molar-refractivity contribution is 6.07. The molecule has 2 nitrogen and oxygen atoms in total. The van der Waals surface area contributed by atoms with Crippen LogP contribution < -0.4 is 4.90 Å². The third-order valence-corrected chi connectivity index (χ3v) is 12.7. The third kappa shape index (κ3) is 4.69. The summed E-state index contributed by atoms with van der Waals surface area (Å²) in [7, 11) is 0. The van der Waals surface area contributed by atoms with Crippen LogP contribution in [-0.2, 0) is 10.8 Å². The Labute approximate surface area is 328 Å². The Morgan fingerprint density at radius 3 is 1.39 bits per heavy atom. The molecule has 1 aromatic heterocycles. The number of para-hydroxylation sites is 1. The van der Waals surface area contributed by atoms with Crippen molar-refractivity contribution in [3.63, 3.8) is 0 Å². The van der Waals surface area contributed by atoms with Crippen LogP contribution in [0.15, 0.2) is 180 Å². The standard InChI is InChI=1S/C54H41NO/c1-53(2)45-24-8-5-20-42(45)51-39(22-13-26-47(51)53)34-15-11-17-36(31-34)55(38-29-30-50-44(33-38)41-19-7-10-28-49(41)56-50)37-18-12-16-35(32-37)40-23-14-27-48-52(40)43-21-6-9-25-46(43)54(48,3)4/h5-33H,1-4H3. The van der Waals surface area contributed by atoms with E-state index in [1.807, 2.05) is 6.07 Å². The summed E-state index contributed by atoms with van der Waals surface area (Å²) in [6, 6.07) is 64.6. The summed E-state index contributed by atoms with van der Waals surface area (Å²) in [6.07, 6.45) is 0. The van der Waals surface area contributed by atoms with Gasteiger partial charge in [0.15, 0.2) is 0 Å². The molecule has 0 spiro atoms. The van der Waals surface area contributed by atoms with E-state index in [1.54, 1.807) is 0 Å². The molecular formula is C54H41NO. The van der Waals surface area contributed by atoms with E-state index >= 15 is 0 Å². The predicted molar refractivity (Wildman–Crippen MR) is 234 cm³/mol. The van der Waals surface area contributed by atoms with Crippen LogP contribution in [0.2, 0.25) is 0 Å². The van der Waals surface area contributed by atoms with Gasteiger partial charge in [0.25, 0.3) is 0 Å². The van der Waals surface area contributed by atoms with Crippen LogP contribution in [0.3, 0.4) is 0 Å². The molecule has 0 atom stereocenters. The van der Waals surface area contributed by atoms with Gasteiger partial charge in [0.05, 0.1) is 0 Å². The fourth-order valence-electron chi connectivity index (χ4n) is 9.92. The number of anilines is 3. The van der Waals surface area contributed by atoms with Gasteiger partial charge >= 0.3 is 0 Å². The van der Waals surface area contributed by atoms with Crippen molar-refractivity contribution in [2.24, 2.45) is 0 Å². The first-order valence-electron chi connectivity index (χ1n) is 19.7. The van der Waals surface area contributed by atoms with Gasteiger partial charge in [0.2, 0.25) is 0 Å². The SMILES string of the molecule is CC1(C)c2ccccc2-c2c(-c3cccc(N(c4cccc(-c5cccc6c5-c5ccccc5C6(C)C)c4)c4ccc5oc6ccccc6c5c4)c3)cccc21. The Bertz CT molecular complexity index is 2900. The zero-order valence-electron chi connectivity index (χ0n) is 32.1. The van der Waals surface area contributed by atoms with E-state index in [0.717, 1.165) is 39.0 Å². The van der Waals surface area contributed by atoms with Gasteiger partial charge in [-0.25, -0.2) is 0 Å². The molecular weight excluding hydrogens is 679 g/mol. The van der Waals surface area contributed by atoms with Gasteiger partial charge in [0, 0.05) is 38.7 Å². The highest BCUT2D eigenvalue weighted by Gasteiger charge is 2.38. The molecule has 11 rings (SSSR count). The van der Waals surface area contributed by atoms with Gasteiger partial charge in [-0.05, 0) is 115 Å². The molecule has 1 heterocycles. The number of nitrogens with zero attached hydrogens (tertiary/aromatic N) is 1. The Hall–Kier alpha value is -6.64. The fourth-order valence-corrected chi connectivity index (χ4v) is 9.92. The van der Waals surface area contributed by atoms with Gasteiger partial charge in [-0.2, -0.15) is 0 Å². The van der Waals surface area contributed by atoms with Crippen molar-refractivity contribution in [3.05, 3.63) is 198 Å². The van der Waals surface area contributed by atoms with Crippen LogP contribution in [0.5, 0.6) is 0 Å². The van der Waals surface area contributed by atoms with Crippen LogP contribution in [-0.4, -0.2) is 0 Å². The van der Waals surface area contributed by atoms with Crippen molar-refractivity contribution in [2.45, 2.75) is 38.5 Å². The van der Waals surface area contributed by atoms with Crippen molar-refractivity contribution in [2.75, 3.05) is 4.90 Å². The van der Waals surface area contributed by atoms with E-state index < -0.39 is 0 Å². The Morgan fingerprint density at radius 2 is 0.804 bits per heavy atom. The third-order valence-electron chi connectivity index (χ3n) is 12.7. The lowest BCUT2D eigenvalue weighted by Crippen LogP contribution is -2.14. The summed E-state index contributed by atoms with van der Waals surface area (Å²) in [6.45, 7) is 9.40. The second-order valence-corrected chi connectivity index (χ2v) is 16.5. The molecule has 56 heavy (non-hydrogen) atoms. The first-order valence-corrected chi connectivity index (χ1v) is 19.7. The summed E-state index contributed by atoms with van der Waals surface area (Å²) in [4.78, 5) is 2.41. The molecule has 2 heteroatoms. The maximum Gasteiger partial charge on any atom is 0.135 e. The molecule has 268 valence electrons. The summed E-state index contributed by atoms with van der Waals surface area (Å²) >= 11 is 0. The molecule has 9 aromatic rings. The molecule has 0 fully saturated rings. The van der Waals surface area contributed by atoms with Crippen molar-refractivity contribution < 1.29 is 4.42 Å². The number of fused-ring (bicyclic) bond motifs is 9.